The molecule has 0 radical (unpaired) electrons. The Balaban J connectivity index is 1.62. The monoisotopic (exact) mass is 364 g/mol. The fourth-order valence-corrected chi connectivity index (χ4v) is 3.02. The number of nitrogens with one attached hydrogen (secondary N) is 1. The molecule has 0 saturated heterocycles. The van der Waals surface area contributed by atoms with Gasteiger partial charge < -0.3 is 4.74 Å². The van der Waals surface area contributed by atoms with Crippen molar-refractivity contribution in [2.75, 3.05) is 12.5 Å². The number of hydrazone groups is 1. The minimum atomic E-state index is 0.670. The second-order valence-corrected chi connectivity index (χ2v) is 6.48. The summed E-state index contributed by atoms with van der Waals surface area (Å²) in [4.78, 5) is 8.80. The Morgan fingerprint density at radius 3 is 2.58 bits per heavy atom. The second kappa shape index (κ2) is 9.01. The van der Waals surface area contributed by atoms with Crippen LogP contribution < -0.4 is 10.2 Å². The van der Waals surface area contributed by atoms with Gasteiger partial charge in [-0.05, 0) is 42.3 Å². The first-order valence-electron chi connectivity index (χ1n) is 8.19. The van der Waals surface area contributed by atoms with E-state index >= 15 is 0 Å². The van der Waals surface area contributed by atoms with Crippen molar-refractivity contribution in [1.82, 2.24) is 9.97 Å². The standard InChI is InChI=1S/C20H20N4OS/c1-15(17-8-10-18(25-2)11-9-17)23-24-19-12-13-21-20(22-19)26-14-16-6-4-3-5-7-16/h3-13H,14H2,1-2H3,(H,21,22,24)/b23-15-. The molecule has 0 bridgehead atoms. The van der Waals surface area contributed by atoms with Gasteiger partial charge in [0.05, 0.1) is 12.8 Å². The highest BCUT2D eigenvalue weighted by molar-refractivity contribution is 7.98. The number of aromatic nitrogens is 2. The predicted molar refractivity (Wildman–Crippen MR) is 107 cm³/mol. The van der Waals surface area contributed by atoms with E-state index in [1.807, 2.05) is 49.4 Å². The van der Waals surface area contributed by atoms with E-state index < -0.39 is 0 Å². The van der Waals surface area contributed by atoms with Crippen LogP contribution in [0.2, 0.25) is 0 Å². The minimum absolute atomic E-state index is 0.670. The van der Waals surface area contributed by atoms with Crippen molar-refractivity contribution in [3.63, 3.8) is 0 Å². The van der Waals surface area contributed by atoms with Crippen LogP contribution in [-0.4, -0.2) is 22.8 Å². The molecular formula is C20H20N4OS. The summed E-state index contributed by atoms with van der Waals surface area (Å²) in [6, 6.07) is 19.8. The number of hydrogen-bond donors (Lipinski definition) is 1. The average molecular weight is 364 g/mol. The highest BCUT2D eigenvalue weighted by atomic mass is 32.2. The molecule has 132 valence electrons. The van der Waals surface area contributed by atoms with Gasteiger partial charge in [-0.15, -0.1) is 0 Å². The lowest BCUT2D eigenvalue weighted by Crippen LogP contribution is -2.01. The number of benzene rings is 2. The molecule has 5 nitrogen and oxygen atoms in total. The second-order valence-electron chi connectivity index (χ2n) is 5.54. The highest BCUT2D eigenvalue weighted by Crippen LogP contribution is 2.20. The normalized spacial score (nSPS) is 11.2. The Bertz CT molecular complexity index is 866. The molecule has 0 amide bonds. The van der Waals surface area contributed by atoms with Crippen LogP contribution in [0.25, 0.3) is 0 Å². The highest BCUT2D eigenvalue weighted by Gasteiger charge is 2.02. The predicted octanol–water partition coefficient (Wildman–Crippen LogP) is 4.61. The van der Waals surface area contributed by atoms with Gasteiger partial charge in [-0.25, -0.2) is 9.97 Å². The molecule has 3 aromatic rings. The van der Waals surface area contributed by atoms with Crippen molar-refractivity contribution in [2.45, 2.75) is 17.8 Å². The van der Waals surface area contributed by atoms with E-state index in [-0.39, 0.29) is 0 Å². The third-order valence-corrected chi connectivity index (χ3v) is 4.62. The Hall–Kier alpha value is -2.86. The van der Waals surface area contributed by atoms with Crippen LogP contribution in [0.15, 0.2) is 77.1 Å². The molecule has 0 spiro atoms. The van der Waals surface area contributed by atoms with Crippen molar-refractivity contribution in [2.24, 2.45) is 5.10 Å². The average Bonchev–Trinajstić information content (AvgIpc) is 2.71. The third kappa shape index (κ3) is 5.07. The van der Waals surface area contributed by atoms with E-state index in [0.717, 1.165) is 27.9 Å². The lowest BCUT2D eigenvalue weighted by Gasteiger charge is -2.06. The van der Waals surface area contributed by atoms with Crippen molar-refractivity contribution in [1.29, 1.82) is 0 Å². The number of methoxy groups -OCH3 is 1. The molecule has 0 aliphatic carbocycles. The molecule has 0 unspecified atom stereocenters. The van der Waals surface area contributed by atoms with Crippen LogP contribution in [0.5, 0.6) is 5.75 Å². The van der Waals surface area contributed by atoms with Crippen LogP contribution >= 0.6 is 11.8 Å². The summed E-state index contributed by atoms with van der Waals surface area (Å²) >= 11 is 1.60. The molecule has 0 aliphatic rings. The zero-order chi connectivity index (χ0) is 18.2. The van der Waals surface area contributed by atoms with E-state index in [4.69, 9.17) is 4.74 Å². The number of rotatable bonds is 7. The molecule has 2 aromatic carbocycles. The van der Waals surface area contributed by atoms with Crippen molar-refractivity contribution >= 4 is 23.3 Å². The van der Waals surface area contributed by atoms with Gasteiger partial charge >= 0.3 is 0 Å². The Kier molecular flexibility index (Phi) is 6.22. The molecule has 26 heavy (non-hydrogen) atoms. The zero-order valence-electron chi connectivity index (χ0n) is 14.7. The van der Waals surface area contributed by atoms with Gasteiger partial charge in [-0.1, -0.05) is 42.1 Å². The summed E-state index contributed by atoms with van der Waals surface area (Å²) in [5.74, 6) is 2.33. The van der Waals surface area contributed by atoms with Gasteiger partial charge in [-0.2, -0.15) is 5.10 Å². The molecule has 1 N–H and O–H groups in total. The van der Waals surface area contributed by atoms with E-state index in [1.165, 1.54) is 5.56 Å². The van der Waals surface area contributed by atoms with E-state index in [9.17, 15) is 0 Å². The van der Waals surface area contributed by atoms with Crippen LogP contribution in [0.4, 0.5) is 5.82 Å². The van der Waals surface area contributed by atoms with Gasteiger partial charge in [0, 0.05) is 18.0 Å². The fourth-order valence-electron chi connectivity index (χ4n) is 2.23. The summed E-state index contributed by atoms with van der Waals surface area (Å²) in [7, 11) is 1.65. The van der Waals surface area contributed by atoms with Crippen molar-refractivity contribution < 1.29 is 4.74 Å². The summed E-state index contributed by atoms with van der Waals surface area (Å²) in [5, 5.41) is 5.12. The molecule has 0 saturated carbocycles. The summed E-state index contributed by atoms with van der Waals surface area (Å²) in [6.45, 7) is 1.95. The quantitative estimate of drug-likeness (QED) is 0.287. The Morgan fingerprint density at radius 1 is 1.08 bits per heavy atom. The largest absolute Gasteiger partial charge is 0.497 e. The maximum Gasteiger partial charge on any atom is 0.189 e. The molecule has 0 atom stereocenters. The smallest absolute Gasteiger partial charge is 0.189 e. The first-order valence-corrected chi connectivity index (χ1v) is 9.17. The topological polar surface area (TPSA) is 59.4 Å². The summed E-state index contributed by atoms with van der Waals surface area (Å²) in [5.41, 5.74) is 6.13. The van der Waals surface area contributed by atoms with Gasteiger partial charge in [0.2, 0.25) is 0 Å². The lowest BCUT2D eigenvalue weighted by atomic mass is 10.1. The number of nitrogens with zero attached hydrogens (tertiary/aromatic N) is 3. The van der Waals surface area contributed by atoms with Gasteiger partial charge in [-0.3, -0.25) is 5.43 Å². The van der Waals surface area contributed by atoms with Crippen LogP contribution in [0, 0.1) is 0 Å². The SMILES string of the molecule is COc1ccc(/C(C)=N\Nc2ccnc(SCc3ccccc3)n2)cc1. The lowest BCUT2D eigenvalue weighted by molar-refractivity contribution is 0.415. The molecule has 0 fully saturated rings. The number of ether oxygens (including phenoxy) is 1. The maximum atomic E-state index is 5.17. The molecule has 6 heteroatoms. The number of anilines is 1. The third-order valence-electron chi connectivity index (χ3n) is 3.69. The number of hydrogen-bond acceptors (Lipinski definition) is 6. The van der Waals surface area contributed by atoms with Crippen LogP contribution in [0.3, 0.4) is 0 Å². The summed E-state index contributed by atoms with van der Waals surface area (Å²) < 4.78 is 5.17. The van der Waals surface area contributed by atoms with Crippen LogP contribution in [-0.2, 0) is 5.75 Å². The number of thioether (sulfide) groups is 1. The minimum Gasteiger partial charge on any atom is -0.497 e. The zero-order valence-corrected chi connectivity index (χ0v) is 15.5. The van der Waals surface area contributed by atoms with Gasteiger partial charge in [0.15, 0.2) is 11.0 Å². The molecule has 1 aromatic heterocycles. The van der Waals surface area contributed by atoms with Gasteiger partial charge in [0.25, 0.3) is 0 Å². The first kappa shape index (κ1) is 17.9. The van der Waals surface area contributed by atoms with E-state index in [0.29, 0.717) is 5.82 Å². The molecular weight excluding hydrogens is 344 g/mol. The van der Waals surface area contributed by atoms with E-state index in [2.05, 4.69) is 32.6 Å². The molecule has 3 rings (SSSR count). The van der Waals surface area contributed by atoms with E-state index in [1.54, 1.807) is 31.1 Å². The van der Waals surface area contributed by atoms with Crippen molar-refractivity contribution in [3.05, 3.63) is 78.0 Å². The molecule has 1 heterocycles. The maximum absolute atomic E-state index is 5.17. The Labute approximate surface area is 157 Å². The van der Waals surface area contributed by atoms with Crippen molar-refractivity contribution in [3.8, 4) is 5.75 Å². The summed E-state index contributed by atoms with van der Waals surface area (Å²) in [6.07, 6.45) is 1.74. The van der Waals surface area contributed by atoms with Crippen LogP contribution in [0.1, 0.15) is 18.1 Å². The fraction of sp³-hybridized carbons (Fsp3) is 0.150. The Morgan fingerprint density at radius 2 is 1.85 bits per heavy atom. The first-order chi connectivity index (χ1) is 12.7. The van der Waals surface area contributed by atoms with Gasteiger partial charge in [0.1, 0.15) is 5.75 Å². The molecule has 0 aliphatic heterocycles.